The molecule has 0 aliphatic carbocycles. The Kier molecular flexibility index (Phi) is 72.5. The lowest BCUT2D eigenvalue weighted by Gasteiger charge is -2.21. The number of rotatable bonds is 82. The van der Waals surface area contributed by atoms with E-state index in [2.05, 4.69) is 55.4 Å². The third-order valence-electron chi connectivity index (χ3n) is 20.2. The summed E-state index contributed by atoms with van der Waals surface area (Å²) in [4.78, 5) is 73.2. The van der Waals surface area contributed by atoms with Crippen LogP contribution in [0.4, 0.5) is 0 Å². The Hall–Kier alpha value is -1.94. The summed E-state index contributed by atoms with van der Waals surface area (Å²) in [5.74, 6) is 1.07. The van der Waals surface area contributed by atoms with Gasteiger partial charge in [0.2, 0.25) is 0 Å². The first-order chi connectivity index (χ1) is 50.1. The fourth-order valence-electron chi connectivity index (χ4n) is 13.1. The van der Waals surface area contributed by atoms with Gasteiger partial charge in [-0.25, -0.2) is 9.13 Å². The van der Waals surface area contributed by atoms with E-state index in [0.29, 0.717) is 25.7 Å². The summed E-state index contributed by atoms with van der Waals surface area (Å²) in [6, 6.07) is 0. The topological polar surface area (TPSA) is 237 Å². The zero-order valence-electron chi connectivity index (χ0n) is 68.7. The quantitative estimate of drug-likeness (QED) is 0.0222. The Bertz CT molecular complexity index is 2030. The summed E-state index contributed by atoms with van der Waals surface area (Å²) in [6.45, 7) is 14.3. The molecule has 104 heavy (non-hydrogen) atoms. The zero-order valence-corrected chi connectivity index (χ0v) is 70.5. The maximum absolute atomic E-state index is 13.1. The van der Waals surface area contributed by atoms with Crippen molar-refractivity contribution in [1.29, 1.82) is 0 Å². The van der Waals surface area contributed by atoms with Crippen molar-refractivity contribution in [3.05, 3.63) is 0 Å². The van der Waals surface area contributed by atoms with Gasteiger partial charge in [0, 0.05) is 25.7 Å². The van der Waals surface area contributed by atoms with Crippen LogP contribution in [0.5, 0.6) is 0 Å². The summed E-state index contributed by atoms with van der Waals surface area (Å²) in [5, 5.41) is 10.7. The van der Waals surface area contributed by atoms with E-state index in [1.807, 2.05) is 0 Å². The van der Waals surface area contributed by atoms with Gasteiger partial charge in [0.1, 0.15) is 19.3 Å². The number of phosphoric acid groups is 2. The van der Waals surface area contributed by atoms with Crippen molar-refractivity contribution in [2.45, 2.75) is 459 Å². The van der Waals surface area contributed by atoms with Gasteiger partial charge in [-0.1, -0.05) is 389 Å². The van der Waals surface area contributed by atoms with Gasteiger partial charge in [0.05, 0.1) is 26.4 Å². The predicted molar refractivity (Wildman–Crippen MR) is 428 cm³/mol. The molecular weight excluding hydrogens is 1350 g/mol. The Labute approximate surface area is 638 Å². The number of aliphatic hydroxyl groups excluding tert-OH is 1. The van der Waals surface area contributed by atoms with Gasteiger partial charge in [-0.05, 0) is 49.4 Å². The smallest absolute Gasteiger partial charge is 0.462 e. The second-order valence-corrected chi connectivity index (χ2v) is 35.2. The first-order valence-corrected chi connectivity index (χ1v) is 46.7. The van der Waals surface area contributed by atoms with Crippen LogP contribution in [0.2, 0.25) is 0 Å². The van der Waals surface area contributed by atoms with Crippen LogP contribution in [-0.4, -0.2) is 96.7 Å². The molecule has 0 spiro atoms. The zero-order chi connectivity index (χ0) is 76.7. The van der Waals surface area contributed by atoms with Gasteiger partial charge in [0.25, 0.3) is 0 Å². The fraction of sp³-hybridized carbons (Fsp3) is 0.953. The molecule has 0 aromatic heterocycles. The van der Waals surface area contributed by atoms with Crippen molar-refractivity contribution in [2.24, 2.45) is 23.7 Å². The Morgan fingerprint density at radius 3 is 0.683 bits per heavy atom. The molecule has 0 aliphatic heterocycles. The van der Waals surface area contributed by atoms with Crippen molar-refractivity contribution >= 4 is 39.5 Å². The Morgan fingerprint density at radius 2 is 0.462 bits per heavy atom. The number of carbonyl (C=O) groups is 4. The third-order valence-corrected chi connectivity index (χ3v) is 22.1. The second-order valence-electron chi connectivity index (χ2n) is 32.2. The number of hydrogen-bond donors (Lipinski definition) is 3. The highest BCUT2D eigenvalue weighted by atomic mass is 31.2. The van der Waals surface area contributed by atoms with Crippen molar-refractivity contribution < 1.29 is 80.2 Å². The van der Waals surface area contributed by atoms with Crippen LogP contribution in [-0.2, 0) is 65.4 Å². The summed E-state index contributed by atoms with van der Waals surface area (Å²) in [5.41, 5.74) is 0. The molecule has 17 nitrogen and oxygen atoms in total. The highest BCUT2D eigenvalue weighted by Gasteiger charge is 2.30. The molecule has 0 radical (unpaired) electrons. The molecule has 0 amide bonds. The van der Waals surface area contributed by atoms with Crippen molar-refractivity contribution in [2.75, 3.05) is 39.6 Å². The summed E-state index contributed by atoms with van der Waals surface area (Å²) < 4.78 is 68.9. The van der Waals surface area contributed by atoms with E-state index >= 15 is 0 Å². The SMILES string of the molecule is CCC(C)CCCCCCCCCCCCCCCCC(=O)OC[C@H](COP(=O)(O)OC[C@@H](O)COP(=O)(O)OC[C@@H](COC(=O)CCCCCCCCCCC(C)C)OC(=O)CCCCCCCCCCCCCCCCC(C)C)OC(=O)CCCCCCCCCCCCCCCCCC(C)C. The molecule has 3 N–H and O–H groups in total. The number of phosphoric ester groups is 2. The number of ether oxygens (including phenoxy) is 4. The lowest BCUT2D eigenvalue weighted by Crippen LogP contribution is -2.30. The van der Waals surface area contributed by atoms with Crippen molar-refractivity contribution in [1.82, 2.24) is 0 Å². The van der Waals surface area contributed by atoms with Gasteiger partial charge in [-0.2, -0.15) is 0 Å². The summed E-state index contributed by atoms with van der Waals surface area (Å²) in [7, 11) is -9.93. The number of esters is 4. The fourth-order valence-corrected chi connectivity index (χ4v) is 14.7. The minimum atomic E-state index is -4.97. The van der Waals surface area contributed by atoms with Crippen molar-refractivity contribution in [3.8, 4) is 0 Å². The molecule has 6 atom stereocenters. The van der Waals surface area contributed by atoms with E-state index in [1.54, 1.807) is 0 Å². The van der Waals surface area contributed by atoms with Crippen LogP contribution in [0.1, 0.15) is 441 Å². The van der Waals surface area contributed by atoms with Gasteiger partial charge < -0.3 is 33.8 Å². The predicted octanol–water partition coefficient (Wildman–Crippen LogP) is 25.6. The molecule has 3 unspecified atom stereocenters. The molecule has 0 fully saturated rings. The maximum Gasteiger partial charge on any atom is 0.472 e. The lowest BCUT2D eigenvalue weighted by atomic mass is 9.99. The van der Waals surface area contributed by atoms with Gasteiger partial charge in [-0.15, -0.1) is 0 Å². The van der Waals surface area contributed by atoms with E-state index in [4.69, 9.17) is 37.0 Å². The molecular formula is C85H166O17P2. The lowest BCUT2D eigenvalue weighted by molar-refractivity contribution is -0.161. The van der Waals surface area contributed by atoms with E-state index in [0.717, 1.165) is 114 Å². The van der Waals surface area contributed by atoms with E-state index < -0.39 is 97.5 Å². The van der Waals surface area contributed by atoms with Crippen LogP contribution in [0.3, 0.4) is 0 Å². The Morgan fingerprint density at radius 1 is 0.269 bits per heavy atom. The molecule has 0 heterocycles. The summed E-state index contributed by atoms with van der Waals surface area (Å²) >= 11 is 0. The third kappa shape index (κ3) is 76.8. The van der Waals surface area contributed by atoms with Gasteiger partial charge >= 0.3 is 39.5 Å². The second kappa shape index (κ2) is 73.8. The highest BCUT2D eigenvalue weighted by molar-refractivity contribution is 7.47. The number of carbonyl (C=O) groups excluding carboxylic acids is 4. The number of unbranched alkanes of at least 4 members (excludes halogenated alkanes) is 47. The van der Waals surface area contributed by atoms with Crippen LogP contribution >= 0.6 is 15.6 Å². The molecule has 0 aromatic carbocycles. The van der Waals surface area contributed by atoms with Crippen LogP contribution in [0, 0.1) is 23.7 Å². The number of aliphatic hydroxyl groups is 1. The van der Waals surface area contributed by atoms with Gasteiger partial charge in [-0.3, -0.25) is 37.3 Å². The molecule has 0 aliphatic rings. The number of hydrogen-bond acceptors (Lipinski definition) is 15. The molecule has 0 aromatic rings. The molecule has 19 heteroatoms. The maximum atomic E-state index is 13.1. The van der Waals surface area contributed by atoms with E-state index in [9.17, 15) is 43.2 Å². The minimum absolute atomic E-state index is 0.107. The van der Waals surface area contributed by atoms with E-state index in [1.165, 1.54) is 244 Å². The first kappa shape index (κ1) is 102. The molecule has 0 bridgehead atoms. The van der Waals surface area contributed by atoms with Crippen LogP contribution in [0.25, 0.3) is 0 Å². The largest absolute Gasteiger partial charge is 0.472 e. The Balaban J connectivity index is 5.26. The average molecular weight is 1520 g/mol. The van der Waals surface area contributed by atoms with Crippen LogP contribution in [0.15, 0.2) is 0 Å². The molecule has 0 saturated heterocycles. The average Bonchev–Trinajstić information content (AvgIpc) is 0.917. The minimum Gasteiger partial charge on any atom is -0.462 e. The first-order valence-electron chi connectivity index (χ1n) is 43.7. The molecule has 0 rings (SSSR count). The molecule has 618 valence electrons. The van der Waals surface area contributed by atoms with Crippen LogP contribution < -0.4 is 0 Å². The standard InChI is InChI=1S/C85H166O17P2/c1-9-78(8)64-56-48-40-31-25-19-14-16-20-26-32-41-49-57-65-82(87)95-71-80(101-84(89)67-59-51-43-33-27-21-12-10-11-17-23-29-37-45-53-61-75(2)3)73-99-103(91,92)97-69-79(86)70-98-104(93,94)100-74-81(72-96-83(88)66-58-50-42-36-35-39-47-55-63-77(6)7)102-85(90)68-60-52-44-34-28-22-15-13-18-24-30-38-46-54-62-76(4)5/h75-81,86H,9-74H2,1-8H3,(H,91,92)(H,93,94)/t78?,79-,80-,81-/m1/s1. The van der Waals surface area contributed by atoms with E-state index in [-0.39, 0.29) is 25.7 Å². The monoisotopic (exact) mass is 1520 g/mol. The normalized spacial score (nSPS) is 14.2. The molecule has 0 saturated carbocycles. The highest BCUT2D eigenvalue weighted by Crippen LogP contribution is 2.45. The summed E-state index contributed by atoms with van der Waals surface area (Å²) in [6.07, 6.45) is 62.4. The van der Waals surface area contributed by atoms with Gasteiger partial charge in [0.15, 0.2) is 12.2 Å². The van der Waals surface area contributed by atoms with Crippen molar-refractivity contribution in [3.63, 3.8) is 0 Å².